The molecule has 19 heavy (non-hydrogen) atoms. The van der Waals surface area contributed by atoms with E-state index in [1.54, 1.807) is 0 Å². The third-order valence-corrected chi connectivity index (χ3v) is 3.87. The maximum Gasteiger partial charge on any atom is 0.0997 e. The van der Waals surface area contributed by atoms with Gasteiger partial charge in [-0.1, -0.05) is 30.7 Å². The fourth-order valence-corrected chi connectivity index (χ4v) is 2.43. The van der Waals surface area contributed by atoms with Crippen LogP contribution in [0.4, 0.5) is 0 Å². The number of aryl methyl sites for hydroxylation is 1. The molecule has 1 atom stereocenters. The highest BCUT2D eigenvalue weighted by molar-refractivity contribution is 6.32. The zero-order valence-corrected chi connectivity index (χ0v) is 12.4. The molecule has 3 nitrogen and oxygen atoms in total. The van der Waals surface area contributed by atoms with Crippen molar-refractivity contribution in [2.45, 2.75) is 39.7 Å². The number of hydrogen-bond acceptors (Lipinski definition) is 2. The first-order chi connectivity index (χ1) is 9.04. The van der Waals surface area contributed by atoms with Crippen molar-refractivity contribution in [3.05, 3.63) is 46.5 Å². The fraction of sp³-hybridized carbons (Fsp3) is 0.400. The molecular formula is C15H20ClN3. The van der Waals surface area contributed by atoms with Crippen molar-refractivity contribution < 1.29 is 0 Å². The summed E-state index contributed by atoms with van der Waals surface area (Å²) in [6.45, 7) is 6.15. The lowest BCUT2D eigenvalue weighted by molar-refractivity contribution is 0.644. The first-order valence-corrected chi connectivity index (χ1v) is 6.96. The maximum atomic E-state index is 6.38. The number of nitrogens with zero attached hydrogens (tertiary/aromatic N) is 2. The van der Waals surface area contributed by atoms with Gasteiger partial charge in [0, 0.05) is 11.7 Å². The van der Waals surface area contributed by atoms with Gasteiger partial charge in [-0.05, 0) is 38.3 Å². The minimum Gasteiger partial charge on any atom is -0.327 e. The fourth-order valence-electron chi connectivity index (χ4n) is 2.15. The third-order valence-electron chi connectivity index (χ3n) is 3.57. The second kappa shape index (κ2) is 5.76. The molecule has 2 rings (SSSR count). The Labute approximate surface area is 119 Å². The molecule has 1 aromatic carbocycles. The summed E-state index contributed by atoms with van der Waals surface area (Å²) in [6, 6.07) is 6.13. The van der Waals surface area contributed by atoms with Gasteiger partial charge in [-0.3, -0.25) is 0 Å². The van der Waals surface area contributed by atoms with Crippen LogP contribution < -0.4 is 5.73 Å². The van der Waals surface area contributed by atoms with E-state index in [9.17, 15) is 0 Å². The molecule has 0 radical (unpaired) electrons. The van der Waals surface area contributed by atoms with Gasteiger partial charge in [0.2, 0.25) is 0 Å². The van der Waals surface area contributed by atoms with E-state index in [1.807, 2.05) is 25.4 Å². The first-order valence-electron chi connectivity index (χ1n) is 6.58. The number of benzene rings is 1. The van der Waals surface area contributed by atoms with E-state index >= 15 is 0 Å². The van der Waals surface area contributed by atoms with Crippen molar-refractivity contribution in [3.8, 4) is 5.69 Å². The Bertz CT molecular complexity index is 575. The van der Waals surface area contributed by atoms with Crippen LogP contribution in [-0.4, -0.2) is 15.6 Å². The van der Waals surface area contributed by atoms with E-state index in [4.69, 9.17) is 17.3 Å². The van der Waals surface area contributed by atoms with Gasteiger partial charge in [0.1, 0.15) is 0 Å². The second-order valence-electron chi connectivity index (χ2n) is 4.91. The molecule has 0 aliphatic heterocycles. The molecule has 0 saturated heterocycles. The molecule has 1 heterocycles. The topological polar surface area (TPSA) is 43.8 Å². The summed E-state index contributed by atoms with van der Waals surface area (Å²) >= 11 is 6.38. The molecule has 0 aliphatic carbocycles. The van der Waals surface area contributed by atoms with Crippen molar-refractivity contribution in [3.63, 3.8) is 0 Å². The number of para-hydroxylation sites is 1. The van der Waals surface area contributed by atoms with E-state index in [0.717, 1.165) is 34.9 Å². The largest absolute Gasteiger partial charge is 0.327 e. The van der Waals surface area contributed by atoms with Crippen LogP contribution in [0.1, 0.15) is 30.3 Å². The lowest BCUT2D eigenvalue weighted by Gasteiger charge is -2.16. The number of aromatic nitrogens is 2. The maximum absolute atomic E-state index is 6.38. The number of rotatable bonds is 4. The number of halogens is 1. The molecule has 0 spiro atoms. The predicted octanol–water partition coefficient (Wildman–Crippen LogP) is 3.42. The van der Waals surface area contributed by atoms with Gasteiger partial charge in [0.05, 0.1) is 22.7 Å². The minimum atomic E-state index is 0.155. The molecule has 1 aromatic heterocycles. The molecule has 1 unspecified atom stereocenters. The van der Waals surface area contributed by atoms with Crippen LogP contribution >= 0.6 is 11.6 Å². The molecular weight excluding hydrogens is 258 g/mol. The summed E-state index contributed by atoms with van der Waals surface area (Å²) in [7, 11) is 0. The molecule has 2 N–H and O–H groups in total. The second-order valence-corrected chi connectivity index (χ2v) is 5.31. The zero-order valence-electron chi connectivity index (χ0n) is 11.7. The Morgan fingerprint density at radius 2 is 2.11 bits per heavy atom. The van der Waals surface area contributed by atoms with Gasteiger partial charge in [0.15, 0.2) is 0 Å². The van der Waals surface area contributed by atoms with Crippen molar-refractivity contribution >= 4 is 11.6 Å². The molecule has 0 aliphatic rings. The van der Waals surface area contributed by atoms with Crippen molar-refractivity contribution in [1.82, 2.24) is 9.55 Å². The highest BCUT2D eigenvalue weighted by atomic mass is 35.5. The summed E-state index contributed by atoms with van der Waals surface area (Å²) in [4.78, 5) is 4.35. The summed E-state index contributed by atoms with van der Waals surface area (Å²) in [5.74, 6) is 0. The Kier molecular flexibility index (Phi) is 4.27. The molecule has 0 bridgehead atoms. The standard InChI is InChI=1S/C15H20ClN3/c1-4-13(17)8-12-6-5-7-14(16)15(12)19-9-18-10(2)11(19)3/h5-7,9,13H,4,8,17H2,1-3H3. The van der Waals surface area contributed by atoms with Crippen LogP contribution in [0.2, 0.25) is 5.02 Å². The molecule has 2 aromatic rings. The van der Waals surface area contributed by atoms with Gasteiger partial charge in [-0.15, -0.1) is 0 Å². The Morgan fingerprint density at radius 3 is 2.68 bits per heavy atom. The summed E-state index contributed by atoms with van der Waals surface area (Å²) in [5.41, 5.74) is 10.4. The van der Waals surface area contributed by atoms with Crippen molar-refractivity contribution in [2.75, 3.05) is 0 Å². The molecule has 0 fully saturated rings. The van der Waals surface area contributed by atoms with Gasteiger partial charge >= 0.3 is 0 Å². The highest BCUT2D eigenvalue weighted by Gasteiger charge is 2.14. The van der Waals surface area contributed by atoms with Crippen LogP contribution in [0.3, 0.4) is 0 Å². The van der Waals surface area contributed by atoms with Crippen molar-refractivity contribution in [2.24, 2.45) is 5.73 Å². The zero-order chi connectivity index (χ0) is 14.0. The van der Waals surface area contributed by atoms with Crippen LogP contribution in [0.15, 0.2) is 24.5 Å². The van der Waals surface area contributed by atoms with E-state index in [1.165, 1.54) is 5.56 Å². The minimum absolute atomic E-state index is 0.155. The van der Waals surface area contributed by atoms with Crippen LogP contribution in [-0.2, 0) is 6.42 Å². The first kappa shape index (κ1) is 14.1. The summed E-state index contributed by atoms with van der Waals surface area (Å²) in [5, 5.41) is 0.737. The SMILES string of the molecule is CCC(N)Cc1cccc(Cl)c1-n1cnc(C)c1C. The highest BCUT2D eigenvalue weighted by Crippen LogP contribution is 2.27. The predicted molar refractivity (Wildman–Crippen MR) is 80.0 cm³/mol. The molecule has 0 saturated carbocycles. The van der Waals surface area contributed by atoms with Crippen LogP contribution in [0.25, 0.3) is 5.69 Å². The molecule has 102 valence electrons. The third kappa shape index (κ3) is 2.82. The van der Waals surface area contributed by atoms with E-state index in [2.05, 4.69) is 29.5 Å². The average Bonchev–Trinajstić information content (AvgIpc) is 2.71. The lowest BCUT2D eigenvalue weighted by atomic mass is 10.0. The van der Waals surface area contributed by atoms with Gasteiger partial charge < -0.3 is 10.3 Å². The Hall–Kier alpha value is -1.32. The normalized spacial score (nSPS) is 12.7. The van der Waals surface area contributed by atoms with Crippen molar-refractivity contribution in [1.29, 1.82) is 0 Å². The molecule has 4 heteroatoms. The Balaban J connectivity index is 2.52. The van der Waals surface area contributed by atoms with Gasteiger partial charge in [-0.25, -0.2) is 4.98 Å². The molecule has 0 amide bonds. The van der Waals surface area contributed by atoms with Crippen LogP contribution in [0.5, 0.6) is 0 Å². The quantitative estimate of drug-likeness (QED) is 0.931. The van der Waals surface area contributed by atoms with Crippen LogP contribution in [0, 0.1) is 13.8 Å². The Morgan fingerprint density at radius 1 is 1.37 bits per heavy atom. The summed E-state index contributed by atoms with van der Waals surface area (Å²) in [6.07, 6.45) is 3.60. The van der Waals surface area contributed by atoms with E-state index in [-0.39, 0.29) is 6.04 Å². The number of imidazole rings is 1. The van der Waals surface area contributed by atoms with E-state index < -0.39 is 0 Å². The van der Waals surface area contributed by atoms with E-state index in [0.29, 0.717) is 0 Å². The monoisotopic (exact) mass is 277 g/mol. The summed E-state index contributed by atoms with van der Waals surface area (Å²) < 4.78 is 2.05. The smallest absolute Gasteiger partial charge is 0.0997 e. The number of nitrogens with two attached hydrogens (primary N) is 1. The lowest BCUT2D eigenvalue weighted by Crippen LogP contribution is -2.22. The van der Waals surface area contributed by atoms with Gasteiger partial charge in [0.25, 0.3) is 0 Å². The average molecular weight is 278 g/mol. The van der Waals surface area contributed by atoms with Gasteiger partial charge in [-0.2, -0.15) is 0 Å². The number of hydrogen-bond donors (Lipinski definition) is 1.